The normalized spacial score (nSPS) is 44.9. The maximum atomic E-state index is 13.7. The number of carbonyl (C=O) groups excluding carboxylic acids is 3. The van der Waals surface area contributed by atoms with Gasteiger partial charge in [-0.1, -0.05) is 43.7 Å². The molecule has 0 N–H and O–H groups in total. The molecule has 1 heterocycles. The predicted molar refractivity (Wildman–Crippen MR) is 131 cm³/mol. The Hall–Kier alpha value is -2.24. The number of allylic oxidation sites excluding steroid dienone is 2. The van der Waals surface area contributed by atoms with E-state index in [0.717, 1.165) is 24.8 Å². The van der Waals surface area contributed by atoms with Crippen LogP contribution in [0.2, 0.25) is 0 Å². The van der Waals surface area contributed by atoms with Crippen LogP contribution in [0, 0.1) is 28.6 Å². The molecule has 0 unspecified atom stereocenters. The van der Waals surface area contributed by atoms with E-state index in [1.165, 1.54) is 0 Å². The Morgan fingerprint density at radius 1 is 1.17 bits per heavy atom. The summed E-state index contributed by atoms with van der Waals surface area (Å²) in [6.07, 6.45) is 8.55. The van der Waals surface area contributed by atoms with Crippen LogP contribution in [0.1, 0.15) is 56.8 Å². The molecule has 4 aliphatic carbocycles. The van der Waals surface area contributed by atoms with Gasteiger partial charge in [0, 0.05) is 16.7 Å². The summed E-state index contributed by atoms with van der Waals surface area (Å²) >= 11 is 6.20. The molecule has 1 aliphatic heterocycles. The Morgan fingerprint density at radius 2 is 1.91 bits per heavy atom. The van der Waals surface area contributed by atoms with E-state index in [-0.39, 0.29) is 52.3 Å². The molecule has 6 rings (SSSR count). The number of Topliss-reactive ketones (excluding diaryl/α,β-unsaturated/α-hetero) is 1. The number of ketones is 2. The molecule has 184 valence electrons. The Morgan fingerprint density at radius 3 is 2.63 bits per heavy atom. The van der Waals surface area contributed by atoms with Gasteiger partial charge in [-0.25, -0.2) is 4.79 Å². The summed E-state index contributed by atoms with van der Waals surface area (Å²) in [5, 5.41) is 0. The highest BCUT2D eigenvalue weighted by molar-refractivity contribution is 6.29. The topological polar surface area (TPSA) is 73.0 Å². The number of fused-ring (bicyclic) bond motifs is 3. The lowest BCUT2D eigenvalue weighted by Gasteiger charge is -2.56. The number of rotatable bonds is 4. The van der Waals surface area contributed by atoms with E-state index in [0.29, 0.717) is 12.0 Å². The van der Waals surface area contributed by atoms with Crippen LogP contribution >= 0.6 is 11.6 Å². The van der Waals surface area contributed by atoms with Gasteiger partial charge in [0.05, 0.1) is 17.5 Å². The first kappa shape index (κ1) is 23.2. The SMILES string of the molecule is C[C@H]1C[C@H]2[C@@H]3CCC4=CC(=O)C=C[C@]4(C)[C@]34O[C@H]4C[C@]2(C)[C@@]1(OC(=O)c1ccccc1)C(=O)CCl. The zero-order valence-corrected chi connectivity index (χ0v) is 21.1. The Bertz CT molecular complexity index is 1190. The molecule has 6 heteroatoms. The van der Waals surface area contributed by atoms with Crippen LogP contribution in [0.5, 0.6) is 0 Å². The summed E-state index contributed by atoms with van der Waals surface area (Å²) in [5.74, 6) is -0.699. The van der Waals surface area contributed by atoms with Crippen molar-refractivity contribution in [1.29, 1.82) is 0 Å². The molecule has 1 saturated heterocycles. The molecular weight excluding hydrogens is 464 g/mol. The first-order valence-electron chi connectivity index (χ1n) is 12.6. The summed E-state index contributed by atoms with van der Waals surface area (Å²) in [6, 6.07) is 8.85. The first-order valence-corrected chi connectivity index (χ1v) is 13.2. The molecule has 0 radical (unpaired) electrons. The smallest absolute Gasteiger partial charge is 0.339 e. The fourth-order valence-corrected chi connectivity index (χ4v) is 8.91. The number of alkyl halides is 1. The van der Waals surface area contributed by atoms with Crippen molar-refractivity contribution in [3.05, 3.63) is 59.7 Å². The van der Waals surface area contributed by atoms with Crippen molar-refractivity contribution in [1.82, 2.24) is 0 Å². The lowest BCUT2D eigenvalue weighted by Crippen LogP contribution is -2.63. The molecule has 0 aromatic heterocycles. The highest BCUT2D eigenvalue weighted by atomic mass is 35.5. The number of hydrogen-bond acceptors (Lipinski definition) is 5. The largest absolute Gasteiger partial charge is 0.447 e. The third kappa shape index (κ3) is 2.72. The van der Waals surface area contributed by atoms with Crippen LogP contribution in [0.3, 0.4) is 0 Å². The number of carbonyl (C=O) groups is 3. The maximum Gasteiger partial charge on any atom is 0.339 e. The molecule has 5 aliphatic rings. The minimum atomic E-state index is -1.31. The number of hydrogen-bond donors (Lipinski definition) is 0. The Kier molecular flexibility index (Phi) is 4.89. The first-order chi connectivity index (χ1) is 16.6. The molecule has 0 amide bonds. The maximum absolute atomic E-state index is 13.7. The van der Waals surface area contributed by atoms with Gasteiger partial charge in [-0.15, -0.1) is 11.6 Å². The molecule has 8 atom stereocenters. The Labute approximate surface area is 210 Å². The van der Waals surface area contributed by atoms with Crippen molar-refractivity contribution in [3.63, 3.8) is 0 Å². The van der Waals surface area contributed by atoms with Gasteiger partial charge >= 0.3 is 5.97 Å². The minimum absolute atomic E-state index is 0.0409. The molecule has 1 aromatic carbocycles. The fourth-order valence-electron chi connectivity index (χ4n) is 8.71. The Balaban J connectivity index is 1.42. The highest BCUT2D eigenvalue weighted by Gasteiger charge is 2.82. The van der Waals surface area contributed by atoms with E-state index in [2.05, 4.69) is 13.8 Å². The predicted octanol–water partition coefficient (Wildman–Crippen LogP) is 5.08. The summed E-state index contributed by atoms with van der Waals surface area (Å²) in [5.41, 5.74) is -1.03. The third-order valence-corrected chi connectivity index (χ3v) is 10.5. The zero-order valence-electron chi connectivity index (χ0n) is 20.4. The summed E-state index contributed by atoms with van der Waals surface area (Å²) in [6.45, 7) is 6.34. The van der Waals surface area contributed by atoms with Crippen LogP contribution in [0.15, 0.2) is 54.1 Å². The molecule has 1 aromatic rings. The van der Waals surface area contributed by atoms with Crippen LogP contribution in [0.25, 0.3) is 0 Å². The van der Waals surface area contributed by atoms with E-state index in [4.69, 9.17) is 21.1 Å². The number of esters is 1. The average Bonchev–Trinajstić information content (AvgIpc) is 3.52. The van der Waals surface area contributed by atoms with Gasteiger partial charge in [0.25, 0.3) is 0 Å². The van der Waals surface area contributed by atoms with Crippen molar-refractivity contribution in [3.8, 4) is 0 Å². The van der Waals surface area contributed by atoms with Gasteiger partial charge in [-0.3, -0.25) is 9.59 Å². The van der Waals surface area contributed by atoms with Gasteiger partial charge in [0.15, 0.2) is 17.2 Å². The van der Waals surface area contributed by atoms with E-state index in [9.17, 15) is 14.4 Å². The van der Waals surface area contributed by atoms with Gasteiger partial charge in [0.1, 0.15) is 5.60 Å². The van der Waals surface area contributed by atoms with E-state index >= 15 is 0 Å². The molecule has 35 heavy (non-hydrogen) atoms. The standard InChI is InChI=1S/C29H31ClO5/c1-17-13-22-21-10-9-19-14-20(31)11-12-26(19,2)29(21)24(34-29)15-27(22,3)28(17,23(32)16-30)35-25(33)18-7-5-4-6-8-18/h4-8,11-12,14,17,21-22,24H,9-10,13,15-16H2,1-3H3/t17-,21-,22-,24-,26-,27-,28-,29-/m0/s1. The van der Waals surface area contributed by atoms with E-state index in [1.807, 2.05) is 19.1 Å². The second kappa shape index (κ2) is 7.39. The molecule has 0 bridgehead atoms. The summed E-state index contributed by atoms with van der Waals surface area (Å²) in [4.78, 5) is 39.1. The molecule has 5 nitrogen and oxygen atoms in total. The van der Waals surface area contributed by atoms with Gasteiger partial charge in [-0.2, -0.15) is 0 Å². The van der Waals surface area contributed by atoms with Gasteiger partial charge in [0.2, 0.25) is 0 Å². The van der Waals surface area contributed by atoms with Crippen molar-refractivity contribution in [2.75, 3.05) is 5.88 Å². The van der Waals surface area contributed by atoms with Crippen LogP contribution in [0.4, 0.5) is 0 Å². The number of benzene rings is 1. The monoisotopic (exact) mass is 494 g/mol. The van der Waals surface area contributed by atoms with Crippen molar-refractivity contribution >= 4 is 29.1 Å². The van der Waals surface area contributed by atoms with Crippen molar-refractivity contribution in [2.45, 2.75) is 63.8 Å². The lowest BCUT2D eigenvalue weighted by molar-refractivity contribution is -0.162. The summed E-state index contributed by atoms with van der Waals surface area (Å²) in [7, 11) is 0. The molecule has 3 saturated carbocycles. The molecular formula is C29H31ClO5. The second-order valence-corrected chi connectivity index (χ2v) is 11.8. The highest BCUT2D eigenvalue weighted by Crippen LogP contribution is 2.77. The summed E-state index contributed by atoms with van der Waals surface area (Å²) < 4.78 is 12.9. The fraction of sp³-hybridized carbons (Fsp3) is 0.552. The molecule has 1 spiro atoms. The quantitative estimate of drug-likeness (QED) is 0.332. The van der Waals surface area contributed by atoms with Gasteiger partial charge in [-0.05, 0) is 68.7 Å². The van der Waals surface area contributed by atoms with E-state index in [1.54, 1.807) is 36.4 Å². The second-order valence-electron chi connectivity index (χ2n) is 11.6. The van der Waals surface area contributed by atoms with Crippen molar-refractivity contribution < 1.29 is 23.9 Å². The number of ether oxygens (including phenoxy) is 2. The zero-order chi connectivity index (χ0) is 24.8. The minimum Gasteiger partial charge on any atom is -0.447 e. The van der Waals surface area contributed by atoms with Crippen LogP contribution in [-0.2, 0) is 19.1 Å². The van der Waals surface area contributed by atoms with Gasteiger partial charge < -0.3 is 9.47 Å². The third-order valence-electron chi connectivity index (χ3n) is 10.3. The van der Waals surface area contributed by atoms with Crippen LogP contribution < -0.4 is 0 Å². The molecule has 4 fully saturated rings. The van der Waals surface area contributed by atoms with E-state index < -0.39 is 17.0 Å². The number of epoxide rings is 1. The van der Waals surface area contributed by atoms with Crippen molar-refractivity contribution in [2.24, 2.45) is 28.6 Å². The lowest BCUT2D eigenvalue weighted by atomic mass is 9.46. The van der Waals surface area contributed by atoms with Crippen LogP contribution in [-0.4, -0.2) is 40.7 Å². The average molecular weight is 495 g/mol. The number of halogens is 1.